The maximum absolute atomic E-state index is 12.7. The van der Waals surface area contributed by atoms with Crippen molar-refractivity contribution in [2.24, 2.45) is 0 Å². The number of aliphatic carboxylic acids is 1. The number of rotatable bonds is 11. The van der Waals surface area contributed by atoms with E-state index in [9.17, 15) is 33.0 Å². The van der Waals surface area contributed by atoms with Crippen LogP contribution in [0.4, 0.5) is 0 Å². The molecule has 6 rings (SSSR count). The number of esters is 1. The molecule has 2 aromatic heterocycles. The number of nitrogens with one attached hydrogen (secondary N) is 1. The fourth-order valence-electron chi connectivity index (χ4n) is 4.88. The Kier molecular flexibility index (Phi) is 12.4. The Morgan fingerprint density at radius 3 is 1.65 bits per heavy atom. The highest BCUT2D eigenvalue weighted by atomic mass is 32.2. The molecule has 4 aromatic carbocycles. The second-order valence-corrected chi connectivity index (χ2v) is 14.1. The summed E-state index contributed by atoms with van der Waals surface area (Å²) < 4.78 is 30.5. The number of carboxylic acid groups (broad SMARTS) is 1. The molecule has 0 saturated heterocycles. The molecule has 52 heavy (non-hydrogen) atoms. The summed E-state index contributed by atoms with van der Waals surface area (Å²) in [5.41, 5.74) is -0.419. The van der Waals surface area contributed by atoms with Crippen molar-refractivity contribution < 1.29 is 42.9 Å². The molecule has 2 heterocycles. The molecule has 6 aromatic rings. The average molecular weight is 740 g/mol. The highest BCUT2D eigenvalue weighted by Gasteiger charge is 2.20. The molecule has 1 amide bonds. The fourth-order valence-corrected chi connectivity index (χ4v) is 7.06. The lowest BCUT2D eigenvalue weighted by molar-refractivity contribution is -0.135. The van der Waals surface area contributed by atoms with Gasteiger partial charge in [0.2, 0.25) is 0 Å². The molecule has 0 spiro atoms. The van der Waals surface area contributed by atoms with Crippen molar-refractivity contribution in [3.05, 3.63) is 121 Å². The van der Waals surface area contributed by atoms with E-state index >= 15 is 0 Å². The van der Waals surface area contributed by atoms with Crippen molar-refractivity contribution in [3.8, 4) is 11.5 Å². The SMILES string of the molecule is CCCCOC(=O)c1ncc2ccc(S(=O)c3ccccc3)cc2c1O.O=C(O)CNC(=O)c1ncc2ccc(S(=O)c3ccccc3)cc2c1O. The lowest BCUT2D eigenvalue weighted by atomic mass is 10.1. The van der Waals surface area contributed by atoms with Gasteiger partial charge in [-0.2, -0.15) is 0 Å². The Morgan fingerprint density at radius 2 is 1.17 bits per heavy atom. The maximum Gasteiger partial charge on any atom is 0.360 e. The Bertz CT molecular complexity index is 2300. The second-order valence-electron chi connectivity index (χ2n) is 11.1. The van der Waals surface area contributed by atoms with E-state index in [0.717, 1.165) is 12.8 Å². The van der Waals surface area contributed by atoms with E-state index in [0.29, 0.717) is 41.1 Å². The summed E-state index contributed by atoms with van der Waals surface area (Å²) in [5, 5.41) is 33.6. The molecule has 2 unspecified atom stereocenters. The molecule has 0 radical (unpaired) electrons. The molecule has 12 nitrogen and oxygen atoms in total. The first kappa shape index (κ1) is 37.3. The molecule has 14 heteroatoms. The van der Waals surface area contributed by atoms with Crippen LogP contribution in [0.1, 0.15) is 40.7 Å². The first-order valence-electron chi connectivity index (χ1n) is 15.9. The third-order valence-electron chi connectivity index (χ3n) is 7.56. The van der Waals surface area contributed by atoms with Gasteiger partial charge in [-0.05, 0) is 55.0 Å². The first-order valence-corrected chi connectivity index (χ1v) is 18.2. The number of carbonyl (C=O) groups is 3. The van der Waals surface area contributed by atoms with E-state index < -0.39 is 51.7 Å². The molecule has 4 N–H and O–H groups in total. The Hall–Kier alpha value is -5.99. The van der Waals surface area contributed by atoms with Crippen LogP contribution >= 0.6 is 0 Å². The van der Waals surface area contributed by atoms with Crippen LogP contribution in [-0.2, 0) is 31.1 Å². The number of carboxylic acids is 1. The van der Waals surface area contributed by atoms with Crippen LogP contribution in [-0.4, -0.2) is 64.7 Å². The highest BCUT2D eigenvalue weighted by Crippen LogP contribution is 2.31. The van der Waals surface area contributed by atoms with Gasteiger partial charge < -0.3 is 25.4 Å². The van der Waals surface area contributed by atoms with Gasteiger partial charge >= 0.3 is 11.9 Å². The number of hydrogen-bond acceptors (Lipinski definition) is 10. The monoisotopic (exact) mass is 739 g/mol. The summed E-state index contributed by atoms with van der Waals surface area (Å²) in [4.78, 5) is 44.9. The number of aromatic nitrogens is 2. The second kappa shape index (κ2) is 17.3. The highest BCUT2D eigenvalue weighted by molar-refractivity contribution is 7.85. The van der Waals surface area contributed by atoms with Crippen molar-refractivity contribution in [1.29, 1.82) is 0 Å². The van der Waals surface area contributed by atoms with E-state index in [4.69, 9.17) is 9.84 Å². The molecule has 0 aliphatic rings. The van der Waals surface area contributed by atoms with Crippen molar-refractivity contribution in [1.82, 2.24) is 15.3 Å². The van der Waals surface area contributed by atoms with Crippen LogP contribution in [0.15, 0.2) is 129 Å². The van der Waals surface area contributed by atoms with Crippen molar-refractivity contribution in [2.45, 2.75) is 39.3 Å². The lowest BCUT2D eigenvalue weighted by Gasteiger charge is -2.09. The van der Waals surface area contributed by atoms with Crippen LogP contribution in [0.3, 0.4) is 0 Å². The number of nitrogens with zero attached hydrogens (tertiary/aromatic N) is 2. The van der Waals surface area contributed by atoms with Crippen LogP contribution in [0.2, 0.25) is 0 Å². The Balaban J connectivity index is 0.000000201. The van der Waals surface area contributed by atoms with E-state index in [1.165, 1.54) is 18.5 Å². The third-order valence-corrected chi connectivity index (χ3v) is 10.3. The van der Waals surface area contributed by atoms with Crippen LogP contribution in [0.25, 0.3) is 21.5 Å². The normalized spacial score (nSPS) is 11.9. The number of hydrogen-bond donors (Lipinski definition) is 4. The van der Waals surface area contributed by atoms with E-state index in [1.807, 2.05) is 31.2 Å². The van der Waals surface area contributed by atoms with Gasteiger partial charge in [-0.15, -0.1) is 0 Å². The van der Waals surface area contributed by atoms with E-state index in [1.54, 1.807) is 66.7 Å². The molecular formula is C38H33N3O9S2. The van der Waals surface area contributed by atoms with Crippen LogP contribution in [0.5, 0.6) is 11.5 Å². The van der Waals surface area contributed by atoms with Gasteiger partial charge in [0.05, 0.1) is 28.2 Å². The third kappa shape index (κ3) is 8.83. The number of ether oxygens (including phenoxy) is 1. The van der Waals surface area contributed by atoms with Crippen LogP contribution in [0, 0.1) is 0 Å². The Morgan fingerprint density at radius 1 is 0.692 bits per heavy atom. The van der Waals surface area contributed by atoms with Gasteiger partial charge in [-0.25, -0.2) is 23.2 Å². The van der Waals surface area contributed by atoms with Crippen molar-refractivity contribution in [2.75, 3.05) is 13.2 Å². The van der Waals surface area contributed by atoms with E-state index in [-0.39, 0.29) is 23.7 Å². The summed E-state index contributed by atoms with van der Waals surface area (Å²) in [6.45, 7) is 1.69. The minimum Gasteiger partial charge on any atom is -0.505 e. The summed E-state index contributed by atoms with van der Waals surface area (Å²) in [7, 11) is -2.83. The number of unbranched alkanes of at least 4 members (excludes halogenated alkanes) is 1. The Labute approximate surface area is 303 Å². The van der Waals surface area contributed by atoms with Gasteiger partial charge in [-0.3, -0.25) is 9.59 Å². The predicted octanol–water partition coefficient (Wildman–Crippen LogP) is 5.99. The van der Waals surface area contributed by atoms with Gasteiger partial charge in [-0.1, -0.05) is 61.9 Å². The largest absolute Gasteiger partial charge is 0.505 e. The minimum atomic E-state index is -1.45. The van der Waals surface area contributed by atoms with Crippen molar-refractivity contribution >= 4 is 61.0 Å². The van der Waals surface area contributed by atoms with E-state index in [2.05, 4.69) is 15.3 Å². The maximum atomic E-state index is 12.7. The summed E-state index contributed by atoms with van der Waals surface area (Å²) in [6, 6.07) is 27.8. The zero-order valence-corrected chi connectivity index (χ0v) is 29.4. The lowest BCUT2D eigenvalue weighted by Crippen LogP contribution is -2.29. The van der Waals surface area contributed by atoms with Gasteiger partial charge in [0.25, 0.3) is 5.91 Å². The smallest absolute Gasteiger partial charge is 0.360 e. The quantitative estimate of drug-likeness (QED) is 0.0902. The number of carbonyl (C=O) groups excluding carboxylic acids is 2. The zero-order valence-electron chi connectivity index (χ0n) is 27.7. The molecule has 266 valence electrons. The van der Waals surface area contributed by atoms with Crippen LogP contribution < -0.4 is 5.32 Å². The number of amides is 1. The molecule has 0 aliphatic heterocycles. The minimum absolute atomic E-state index is 0.128. The number of aromatic hydroxyl groups is 2. The summed E-state index contributed by atoms with van der Waals surface area (Å²) in [6.07, 6.45) is 4.54. The molecule has 0 fully saturated rings. The molecular weight excluding hydrogens is 707 g/mol. The fraction of sp³-hybridized carbons (Fsp3) is 0.132. The first-order chi connectivity index (χ1) is 25.1. The van der Waals surface area contributed by atoms with Gasteiger partial charge in [0.1, 0.15) is 6.54 Å². The molecule has 0 aliphatic carbocycles. The number of fused-ring (bicyclic) bond motifs is 2. The zero-order chi connectivity index (χ0) is 37.2. The molecule has 0 saturated carbocycles. The predicted molar refractivity (Wildman–Crippen MR) is 194 cm³/mol. The van der Waals surface area contributed by atoms with Gasteiger partial charge in [0.15, 0.2) is 22.9 Å². The van der Waals surface area contributed by atoms with Crippen molar-refractivity contribution in [3.63, 3.8) is 0 Å². The molecule has 0 bridgehead atoms. The summed E-state index contributed by atoms with van der Waals surface area (Å²) in [5.74, 6) is -3.32. The number of pyridine rings is 2. The topological polar surface area (TPSA) is 193 Å². The van der Waals surface area contributed by atoms with Gasteiger partial charge in [0, 0.05) is 53.5 Å². The average Bonchev–Trinajstić information content (AvgIpc) is 3.17. The summed E-state index contributed by atoms with van der Waals surface area (Å²) >= 11 is 0. The molecule has 2 atom stereocenters. The standard InChI is InChI=1S/C20H19NO4S.C18H14N2O5S/c1-2-3-11-25-20(23)18-19(22)17-12-16(10-9-14(17)13-21-18)26(24)15-7-5-4-6-8-15;21-15(22)10-20-18(24)16-17(23)14-8-13(7-6-11(14)9-19-16)26(25)12-4-2-1-3-5-12/h4-10,12-13,22H,2-3,11H2,1H3;1-9,23H,10H2,(H,20,24)(H,21,22). The number of benzene rings is 4.